The molecule has 126 valence electrons. The highest BCUT2D eigenvalue weighted by molar-refractivity contribution is 6.30. The first-order valence-corrected chi connectivity index (χ1v) is 8.25. The molecule has 2 N–H and O–H groups in total. The molecule has 0 aliphatic heterocycles. The summed E-state index contributed by atoms with van der Waals surface area (Å²) in [6, 6.07) is 14.9. The maximum Gasteiger partial charge on any atom is 0.257 e. The number of rotatable bonds is 4. The van der Waals surface area contributed by atoms with Crippen LogP contribution >= 0.6 is 11.6 Å². The third kappa shape index (κ3) is 4.37. The normalized spacial score (nSPS) is 10.4. The summed E-state index contributed by atoms with van der Waals surface area (Å²) in [5.74, 6) is -0.223. The van der Waals surface area contributed by atoms with Crippen LogP contribution in [-0.4, -0.2) is 10.9 Å². The summed E-state index contributed by atoms with van der Waals surface area (Å²) in [5.41, 5.74) is 5.25. The van der Waals surface area contributed by atoms with Gasteiger partial charge in [-0.05, 0) is 55.8 Å². The maximum absolute atomic E-state index is 12.4. The molecule has 0 radical (unpaired) electrons. The maximum atomic E-state index is 12.4. The van der Waals surface area contributed by atoms with E-state index in [9.17, 15) is 4.79 Å². The van der Waals surface area contributed by atoms with E-state index in [1.807, 2.05) is 19.1 Å². The number of halogens is 1. The molecule has 0 atom stereocenters. The van der Waals surface area contributed by atoms with Gasteiger partial charge in [0.15, 0.2) is 0 Å². The molecule has 0 saturated carbocycles. The van der Waals surface area contributed by atoms with Gasteiger partial charge >= 0.3 is 0 Å². The van der Waals surface area contributed by atoms with Gasteiger partial charge in [0.2, 0.25) is 0 Å². The van der Waals surface area contributed by atoms with Gasteiger partial charge < -0.3 is 10.6 Å². The SMILES string of the molecule is Cc1ccc(Nc2cncc(C(=O)Nc3ccc(Cl)cc3)c2)c(C)c1. The van der Waals surface area contributed by atoms with Gasteiger partial charge in [0, 0.05) is 22.6 Å². The van der Waals surface area contributed by atoms with Crippen LogP contribution in [0.15, 0.2) is 60.9 Å². The van der Waals surface area contributed by atoms with Gasteiger partial charge in [-0.2, -0.15) is 0 Å². The predicted octanol–water partition coefficient (Wildman–Crippen LogP) is 5.35. The van der Waals surface area contributed by atoms with Crippen molar-refractivity contribution in [1.82, 2.24) is 4.98 Å². The number of carbonyl (C=O) groups is 1. The Kier molecular flexibility index (Phi) is 5.00. The van der Waals surface area contributed by atoms with Gasteiger partial charge in [0.1, 0.15) is 0 Å². The van der Waals surface area contributed by atoms with Crippen LogP contribution in [0.25, 0.3) is 0 Å². The summed E-state index contributed by atoms with van der Waals surface area (Å²) in [5, 5.41) is 6.76. The number of amides is 1. The lowest BCUT2D eigenvalue weighted by Crippen LogP contribution is -2.12. The summed E-state index contributed by atoms with van der Waals surface area (Å²) in [6.45, 7) is 4.10. The van der Waals surface area contributed by atoms with Crippen molar-refractivity contribution in [3.63, 3.8) is 0 Å². The van der Waals surface area contributed by atoms with E-state index in [-0.39, 0.29) is 5.91 Å². The minimum absolute atomic E-state index is 0.223. The third-order valence-corrected chi connectivity index (χ3v) is 4.02. The van der Waals surface area contributed by atoms with Crippen molar-refractivity contribution in [2.75, 3.05) is 10.6 Å². The summed E-state index contributed by atoms with van der Waals surface area (Å²) in [4.78, 5) is 16.6. The van der Waals surface area contributed by atoms with E-state index in [1.165, 1.54) is 5.56 Å². The highest BCUT2D eigenvalue weighted by Crippen LogP contribution is 2.22. The fraction of sp³-hybridized carbons (Fsp3) is 0.100. The first-order chi connectivity index (χ1) is 12.0. The first kappa shape index (κ1) is 17.0. The Morgan fingerprint density at radius 2 is 1.72 bits per heavy atom. The third-order valence-electron chi connectivity index (χ3n) is 3.76. The van der Waals surface area contributed by atoms with Gasteiger partial charge in [-0.25, -0.2) is 0 Å². The monoisotopic (exact) mass is 351 g/mol. The average Bonchev–Trinajstić information content (AvgIpc) is 2.60. The molecule has 0 saturated heterocycles. The topological polar surface area (TPSA) is 54.0 Å². The van der Waals surface area contributed by atoms with Crippen LogP contribution in [0, 0.1) is 13.8 Å². The fourth-order valence-electron chi connectivity index (χ4n) is 2.48. The summed E-state index contributed by atoms with van der Waals surface area (Å²) < 4.78 is 0. The smallest absolute Gasteiger partial charge is 0.257 e. The van der Waals surface area contributed by atoms with Gasteiger partial charge in [-0.3, -0.25) is 9.78 Å². The molecule has 2 aromatic carbocycles. The van der Waals surface area contributed by atoms with Crippen LogP contribution in [-0.2, 0) is 0 Å². The van der Waals surface area contributed by atoms with Crippen molar-refractivity contribution >= 4 is 34.6 Å². The largest absolute Gasteiger partial charge is 0.354 e. The zero-order chi connectivity index (χ0) is 17.8. The summed E-state index contributed by atoms with van der Waals surface area (Å²) in [6.07, 6.45) is 3.23. The molecule has 1 aromatic heterocycles. The van der Waals surface area contributed by atoms with Crippen LogP contribution < -0.4 is 10.6 Å². The lowest BCUT2D eigenvalue weighted by molar-refractivity contribution is 0.102. The molecule has 0 aliphatic rings. The Bertz CT molecular complexity index is 907. The van der Waals surface area contributed by atoms with Crippen LogP contribution in [0.2, 0.25) is 5.02 Å². The Morgan fingerprint density at radius 3 is 2.44 bits per heavy atom. The Balaban J connectivity index is 1.76. The highest BCUT2D eigenvalue weighted by Gasteiger charge is 2.08. The second-order valence-corrected chi connectivity index (χ2v) is 6.30. The number of hydrogen-bond acceptors (Lipinski definition) is 3. The molecule has 1 amide bonds. The number of carbonyl (C=O) groups excluding carboxylic acids is 1. The van der Waals surface area contributed by atoms with E-state index in [0.717, 1.165) is 16.9 Å². The number of hydrogen-bond donors (Lipinski definition) is 2. The van der Waals surface area contributed by atoms with Crippen molar-refractivity contribution in [3.05, 3.63) is 82.6 Å². The Hall–Kier alpha value is -2.85. The zero-order valence-corrected chi connectivity index (χ0v) is 14.8. The minimum Gasteiger partial charge on any atom is -0.354 e. The Morgan fingerprint density at radius 1 is 0.960 bits per heavy atom. The molecule has 0 bridgehead atoms. The van der Waals surface area contributed by atoms with E-state index >= 15 is 0 Å². The lowest BCUT2D eigenvalue weighted by atomic mass is 10.1. The lowest BCUT2D eigenvalue weighted by Gasteiger charge is -2.11. The van der Waals surface area contributed by atoms with Crippen molar-refractivity contribution < 1.29 is 4.79 Å². The van der Waals surface area contributed by atoms with E-state index in [2.05, 4.69) is 28.6 Å². The van der Waals surface area contributed by atoms with Crippen LogP contribution in [0.4, 0.5) is 17.1 Å². The molecule has 3 aromatic rings. The van der Waals surface area contributed by atoms with Crippen molar-refractivity contribution in [1.29, 1.82) is 0 Å². The number of anilines is 3. The van der Waals surface area contributed by atoms with Crippen molar-refractivity contribution in [2.45, 2.75) is 13.8 Å². The van der Waals surface area contributed by atoms with Crippen LogP contribution in [0.5, 0.6) is 0 Å². The van der Waals surface area contributed by atoms with E-state index < -0.39 is 0 Å². The molecule has 5 heteroatoms. The summed E-state index contributed by atoms with van der Waals surface area (Å²) in [7, 11) is 0. The average molecular weight is 352 g/mol. The summed E-state index contributed by atoms with van der Waals surface area (Å²) >= 11 is 5.85. The predicted molar refractivity (Wildman–Crippen MR) is 103 cm³/mol. The molecule has 0 fully saturated rings. The van der Waals surface area contributed by atoms with Gasteiger partial charge in [0.25, 0.3) is 5.91 Å². The molecule has 0 spiro atoms. The molecule has 25 heavy (non-hydrogen) atoms. The second-order valence-electron chi connectivity index (χ2n) is 5.87. The fourth-order valence-corrected chi connectivity index (χ4v) is 2.60. The zero-order valence-electron chi connectivity index (χ0n) is 14.0. The van der Waals surface area contributed by atoms with Crippen LogP contribution in [0.3, 0.4) is 0 Å². The van der Waals surface area contributed by atoms with Gasteiger partial charge in [-0.15, -0.1) is 0 Å². The molecule has 1 heterocycles. The molecule has 3 rings (SSSR count). The first-order valence-electron chi connectivity index (χ1n) is 7.87. The van der Waals surface area contributed by atoms with Crippen molar-refractivity contribution in [3.8, 4) is 0 Å². The highest BCUT2D eigenvalue weighted by atomic mass is 35.5. The number of benzene rings is 2. The van der Waals surface area contributed by atoms with Gasteiger partial charge in [-0.1, -0.05) is 29.3 Å². The minimum atomic E-state index is -0.223. The number of aryl methyl sites for hydroxylation is 2. The number of nitrogens with zero attached hydrogens (tertiary/aromatic N) is 1. The van der Waals surface area contributed by atoms with Crippen molar-refractivity contribution in [2.24, 2.45) is 0 Å². The Labute approximate surface area is 151 Å². The van der Waals surface area contributed by atoms with E-state index in [0.29, 0.717) is 16.3 Å². The quantitative estimate of drug-likeness (QED) is 0.666. The number of pyridine rings is 1. The van der Waals surface area contributed by atoms with E-state index in [1.54, 1.807) is 42.7 Å². The number of nitrogens with one attached hydrogen (secondary N) is 2. The van der Waals surface area contributed by atoms with E-state index in [4.69, 9.17) is 11.6 Å². The standard InChI is InChI=1S/C20H18ClN3O/c1-13-3-8-19(14(2)9-13)23-18-10-15(11-22-12-18)20(25)24-17-6-4-16(21)5-7-17/h3-12,23H,1-2H3,(H,24,25). The molecule has 0 aliphatic carbocycles. The second kappa shape index (κ2) is 7.36. The molecular formula is C20H18ClN3O. The van der Waals surface area contributed by atoms with Gasteiger partial charge in [0.05, 0.1) is 17.4 Å². The molecule has 4 nitrogen and oxygen atoms in total. The number of aromatic nitrogens is 1. The van der Waals surface area contributed by atoms with Crippen LogP contribution in [0.1, 0.15) is 21.5 Å². The molecule has 0 unspecified atom stereocenters. The molecular weight excluding hydrogens is 334 g/mol.